The molecule has 1 unspecified atom stereocenters. The van der Waals surface area contributed by atoms with E-state index in [-0.39, 0.29) is 6.61 Å². The molecular weight excluding hydrogens is 124 g/mol. The average molecular weight is 136 g/mol. The molecule has 0 aliphatic heterocycles. The third-order valence-corrected chi connectivity index (χ3v) is 1.70. The number of allylic oxidation sites excluding steroid dienone is 3. The molecule has 0 saturated heterocycles. The van der Waals surface area contributed by atoms with Gasteiger partial charge in [-0.1, -0.05) is 24.3 Å². The number of rotatable bonds is 2. The van der Waals surface area contributed by atoms with Crippen LogP contribution in [0.4, 0.5) is 0 Å². The normalized spacial score (nSPS) is 24.1. The highest BCUT2D eigenvalue weighted by atomic mass is 16.3. The molecule has 1 aliphatic rings. The summed E-state index contributed by atoms with van der Waals surface area (Å²) >= 11 is 0. The summed E-state index contributed by atoms with van der Waals surface area (Å²) in [5, 5.41) is 8.70. The van der Waals surface area contributed by atoms with E-state index in [2.05, 4.69) is 12.7 Å². The summed E-state index contributed by atoms with van der Waals surface area (Å²) < 4.78 is 0. The molecule has 0 fully saturated rings. The summed E-state index contributed by atoms with van der Waals surface area (Å²) in [5.41, 5.74) is 1.01. The first-order valence-corrected chi connectivity index (χ1v) is 3.47. The molecule has 54 valence electrons. The van der Waals surface area contributed by atoms with Gasteiger partial charge in [0.1, 0.15) is 0 Å². The van der Waals surface area contributed by atoms with Crippen LogP contribution >= 0.6 is 0 Å². The molecule has 0 aromatic rings. The number of aliphatic hydroxyl groups excluding tert-OH is 1. The number of hydrogen-bond donors (Lipinski definition) is 1. The Morgan fingerprint density at radius 3 is 3.00 bits per heavy atom. The van der Waals surface area contributed by atoms with Crippen molar-refractivity contribution in [3.8, 4) is 0 Å². The van der Waals surface area contributed by atoms with Crippen molar-refractivity contribution in [2.45, 2.75) is 6.42 Å². The molecule has 0 spiro atoms. The highest BCUT2D eigenvalue weighted by Gasteiger charge is 2.02. The maximum atomic E-state index is 8.70. The Hall–Kier alpha value is -0.820. The Kier molecular flexibility index (Phi) is 2.46. The van der Waals surface area contributed by atoms with Crippen LogP contribution in [0.15, 0.2) is 36.5 Å². The van der Waals surface area contributed by atoms with Gasteiger partial charge in [0.2, 0.25) is 0 Å². The van der Waals surface area contributed by atoms with Crippen LogP contribution in [-0.4, -0.2) is 11.7 Å². The van der Waals surface area contributed by atoms with Gasteiger partial charge >= 0.3 is 0 Å². The van der Waals surface area contributed by atoms with E-state index in [0.29, 0.717) is 5.92 Å². The lowest BCUT2D eigenvalue weighted by molar-refractivity contribution is 0.334. The predicted octanol–water partition coefficient (Wildman–Crippen LogP) is 1.67. The zero-order valence-corrected chi connectivity index (χ0v) is 5.96. The van der Waals surface area contributed by atoms with Gasteiger partial charge in [-0.25, -0.2) is 0 Å². The molecular formula is C9H12O. The first-order valence-electron chi connectivity index (χ1n) is 3.47. The van der Waals surface area contributed by atoms with Crippen molar-refractivity contribution < 1.29 is 5.11 Å². The lowest BCUT2D eigenvalue weighted by atomic mass is 9.97. The summed E-state index contributed by atoms with van der Waals surface area (Å²) in [6.07, 6.45) is 8.97. The summed E-state index contributed by atoms with van der Waals surface area (Å²) in [4.78, 5) is 0. The molecule has 1 aliphatic carbocycles. The second-order valence-electron chi connectivity index (χ2n) is 2.43. The standard InChI is InChI=1S/C9H12O/c1-2-8-3-5-9(7-10)6-4-8/h2-3,5-6,8,10H,1,4,7H2. The summed E-state index contributed by atoms with van der Waals surface area (Å²) in [7, 11) is 0. The fourth-order valence-corrected chi connectivity index (χ4v) is 0.973. The van der Waals surface area contributed by atoms with Crippen LogP contribution in [0.3, 0.4) is 0 Å². The lowest BCUT2D eigenvalue weighted by Crippen LogP contribution is -1.97. The predicted molar refractivity (Wildman–Crippen MR) is 42.6 cm³/mol. The quantitative estimate of drug-likeness (QED) is 0.572. The summed E-state index contributed by atoms with van der Waals surface area (Å²) in [6.45, 7) is 3.85. The van der Waals surface area contributed by atoms with Crippen LogP contribution in [0.25, 0.3) is 0 Å². The molecule has 1 nitrogen and oxygen atoms in total. The minimum atomic E-state index is 0.153. The van der Waals surface area contributed by atoms with Crippen LogP contribution < -0.4 is 0 Å². The van der Waals surface area contributed by atoms with E-state index in [1.165, 1.54) is 0 Å². The van der Waals surface area contributed by atoms with Crippen LogP contribution in [0, 0.1) is 5.92 Å². The van der Waals surface area contributed by atoms with E-state index >= 15 is 0 Å². The maximum absolute atomic E-state index is 8.70. The van der Waals surface area contributed by atoms with Gasteiger partial charge in [-0.2, -0.15) is 0 Å². The topological polar surface area (TPSA) is 20.2 Å². The largest absolute Gasteiger partial charge is 0.392 e. The Bertz CT molecular complexity index is 177. The van der Waals surface area contributed by atoms with Gasteiger partial charge < -0.3 is 5.11 Å². The Balaban J connectivity index is 2.54. The van der Waals surface area contributed by atoms with Crippen molar-refractivity contribution in [1.29, 1.82) is 0 Å². The smallest absolute Gasteiger partial charge is 0.0678 e. The third kappa shape index (κ3) is 1.58. The molecule has 0 radical (unpaired) electrons. The fourth-order valence-electron chi connectivity index (χ4n) is 0.973. The van der Waals surface area contributed by atoms with E-state index in [1.54, 1.807) is 0 Å². The van der Waals surface area contributed by atoms with E-state index in [9.17, 15) is 0 Å². The minimum Gasteiger partial charge on any atom is -0.392 e. The number of aliphatic hydroxyl groups is 1. The summed E-state index contributed by atoms with van der Waals surface area (Å²) in [5.74, 6) is 0.468. The van der Waals surface area contributed by atoms with E-state index < -0.39 is 0 Å². The lowest BCUT2D eigenvalue weighted by Gasteiger charge is -2.09. The van der Waals surface area contributed by atoms with Gasteiger partial charge in [-0.3, -0.25) is 0 Å². The van der Waals surface area contributed by atoms with Crippen molar-refractivity contribution in [3.63, 3.8) is 0 Å². The van der Waals surface area contributed by atoms with Gasteiger partial charge in [0.15, 0.2) is 0 Å². The second kappa shape index (κ2) is 3.37. The van der Waals surface area contributed by atoms with Gasteiger partial charge in [0.05, 0.1) is 6.61 Å². The molecule has 0 bridgehead atoms. The molecule has 0 aromatic heterocycles. The van der Waals surface area contributed by atoms with Crippen molar-refractivity contribution >= 4 is 0 Å². The first-order chi connectivity index (χ1) is 4.86. The Morgan fingerprint density at radius 2 is 2.60 bits per heavy atom. The van der Waals surface area contributed by atoms with E-state index in [4.69, 9.17) is 5.11 Å². The molecule has 0 aromatic carbocycles. The Morgan fingerprint density at radius 1 is 1.80 bits per heavy atom. The van der Waals surface area contributed by atoms with Gasteiger partial charge in [0.25, 0.3) is 0 Å². The first kappa shape index (κ1) is 7.29. The fraction of sp³-hybridized carbons (Fsp3) is 0.333. The Labute approximate surface area is 61.4 Å². The molecule has 1 atom stereocenters. The molecule has 1 heteroatoms. The molecule has 0 saturated carbocycles. The third-order valence-electron chi connectivity index (χ3n) is 1.70. The zero-order chi connectivity index (χ0) is 7.40. The van der Waals surface area contributed by atoms with Crippen LogP contribution in [0.2, 0.25) is 0 Å². The van der Waals surface area contributed by atoms with Crippen molar-refractivity contribution in [2.75, 3.05) is 6.61 Å². The second-order valence-corrected chi connectivity index (χ2v) is 2.43. The molecule has 0 amide bonds. The molecule has 0 heterocycles. The number of hydrogen-bond acceptors (Lipinski definition) is 1. The van der Waals surface area contributed by atoms with Gasteiger partial charge in [-0.15, -0.1) is 6.58 Å². The molecule has 10 heavy (non-hydrogen) atoms. The van der Waals surface area contributed by atoms with Crippen molar-refractivity contribution in [1.82, 2.24) is 0 Å². The van der Waals surface area contributed by atoms with Crippen molar-refractivity contribution in [3.05, 3.63) is 36.5 Å². The highest BCUT2D eigenvalue weighted by molar-refractivity contribution is 5.25. The maximum Gasteiger partial charge on any atom is 0.0678 e. The van der Waals surface area contributed by atoms with E-state index in [1.807, 2.05) is 18.2 Å². The summed E-state index contributed by atoms with van der Waals surface area (Å²) in [6, 6.07) is 0. The molecule has 1 rings (SSSR count). The zero-order valence-electron chi connectivity index (χ0n) is 5.96. The SMILES string of the molecule is C=CC1C=CC(CO)=CC1. The van der Waals surface area contributed by atoms with Crippen LogP contribution in [-0.2, 0) is 0 Å². The van der Waals surface area contributed by atoms with Gasteiger partial charge in [-0.05, 0) is 17.9 Å². The van der Waals surface area contributed by atoms with Gasteiger partial charge in [0, 0.05) is 0 Å². The highest BCUT2D eigenvalue weighted by Crippen LogP contribution is 2.15. The minimum absolute atomic E-state index is 0.153. The molecule has 1 N–H and O–H groups in total. The monoisotopic (exact) mass is 136 g/mol. The average Bonchev–Trinajstić information content (AvgIpc) is 2.05. The van der Waals surface area contributed by atoms with E-state index in [0.717, 1.165) is 12.0 Å². The van der Waals surface area contributed by atoms with Crippen LogP contribution in [0.5, 0.6) is 0 Å². The van der Waals surface area contributed by atoms with Crippen LogP contribution in [0.1, 0.15) is 6.42 Å². The van der Waals surface area contributed by atoms with Crippen molar-refractivity contribution in [2.24, 2.45) is 5.92 Å².